The number of pyridine rings is 1. The van der Waals surface area contributed by atoms with Gasteiger partial charge in [0, 0.05) is 18.5 Å². The van der Waals surface area contributed by atoms with Crippen molar-refractivity contribution in [2.75, 3.05) is 0 Å². The normalized spacial score (nSPS) is 24.5. The van der Waals surface area contributed by atoms with E-state index in [1.807, 2.05) is 12.1 Å². The second-order valence-corrected chi connectivity index (χ2v) is 7.80. The van der Waals surface area contributed by atoms with Gasteiger partial charge >= 0.3 is 0 Å². The predicted molar refractivity (Wildman–Crippen MR) is 89.9 cm³/mol. The molecular weight excluding hydrogens is 316 g/mol. The van der Waals surface area contributed by atoms with Crippen molar-refractivity contribution in [3.63, 3.8) is 0 Å². The fraction of sp³-hybridized carbons (Fsp3) is 0.737. The first kappa shape index (κ1) is 17.1. The lowest BCUT2D eigenvalue weighted by Crippen LogP contribution is -2.33. The Morgan fingerprint density at radius 1 is 1.04 bits per heavy atom. The second-order valence-electron chi connectivity index (χ2n) is 7.41. The van der Waals surface area contributed by atoms with Gasteiger partial charge in [-0.25, -0.2) is 13.8 Å². The summed E-state index contributed by atoms with van der Waals surface area (Å²) < 4.78 is 27.1. The quantitative estimate of drug-likeness (QED) is 0.585. The van der Waals surface area contributed by atoms with E-state index >= 15 is 0 Å². The van der Waals surface area contributed by atoms with Crippen LogP contribution in [0.25, 0.3) is 0 Å². The molecule has 0 spiro atoms. The number of rotatable bonds is 4. The molecule has 2 aliphatic rings. The SMILES string of the molecule is FC1(F)CCC(C(Cc2cccc(Cl)n2)C2CCCCC2)CC1. The van der Waals surface area contributed by atoms with Crippen LogP contribution >= 0.6 is 11.6 Å². The highest BCUT2D eigenvalue weighted by atomic mass is 35.5. The van der Waals surface area contributed by atoms with Crippen molar-refractivity contribution in [3.8, 4) is 0 Å². The summed E-state index contributed by atoms with van der Waals surface area (Å²) in [5.74, 6) is -0.876. The standard InChI is InChI=1S/C19H26ClF2N/c20-18-8-4-7-16(23-18)13-17(14-5-2-1-3-6-14)15-9-11-19(21,22)12-10-15/h4,7-8,14-15,17H,1-3,5-6,9-13H2. The molecule has 0 N–H and O–H groups in total. The van der Waals surface area contributed by atoms with Gasteiger partial charge in [0.25, 0.3) is 0 Å². The average Bonchev–Trinajstić information content (AvgIpc) is 2.54. The number of hydrogen-bond donors (Lipinski definition) is 0. The number of nitrogens with zero attached hydrogens (tertiary/aromatic N) is 1. The molecule has 128 valence electrons. The Labute approximate surface area is 142 Å². The van der Waals surface area contributed by atoms with Crippen LogP contribution in [0.15, 0.2) is 18.2 Å². The zero-order valence-corrected chi connectivity index (χ0v) is 14.4. The summed E-state index contributed by atoms with van der Waals surface area (Å²) >= 11 is 6.03. The molecule has 1 aromatic heterocycles. The number of aromatic nitrogens is 1. The summed E-state index contributed by atoms with van der Waals surface area (Å²) in [6.07, 6.45) is 8.72. The minimum absolute atomic E-state index is 0.0594. The van der Waals surface area contributed by atoms with Crippen molar-refractivity contribution in [2.24, 2.45) is 17.8 Å². The second kappa shape index (κ2) is 7.46. The van der Waals surface area contributed by atoms with E-state index in [9.17, 15) is 8.78 Å². The molecule has 0 amide bonds. The summed E-state index contributed by atoms with van der Waals surface area (Å²) in [6.45, 7) is 0. The van der Waals surface area contributed by atoms with E-state index in [2.05, 4.69) is 4.98 Å². The van der Waals surface area contributed by atoms with Gasteiger partial charge < -0.3 is 0 Å². The lowest BCUT2D eigenvalue weighted by atomic mass is 9.67. The third-order valence-electron chi connectivity index (χ3n) is 5.84. The summed E-state index contributed by atoms with van der Waals surface area (Å²) in [5.41, 5.74) is 1.02. The van der Waals surface area contributed by atoms with E-state index in [-0.39, 0.29) is 12.8 Å². The Morgan fingerprint density at radius 2 is 1.70 bits per heavy atom. The van der Waals surface area contributed by atoms with E-state index in [4.69, 9.17) is 11.6 Å². The number of halogens is 3. The van der Waals surface area contributed by atoms with Gasteiger partial charge in [-0.1, -0.05) is 49.8 Å². The van der Waals surface area contributed by atoms with Gasteiger partial charge in [0.1, 0.15) is 5.15 Å². The first-order valence-electron chi connectivity index (χ1n) is 9.03. The van der Waals surface area contributed by atoms with Gasteiger partial charge in [-0.15, -0.1) is 0 Å². The van der Waals surface area contributed by atoms with Crippen LogP contribution in [0, 0.1) is 17.8 Å². The van der Waals surface area contributed by atoms with Crippen molar-refractivity contribution >= 4 is 11.6 Å². The lowest BCUT2D eigenvalue weighted by molar-refractivity contribution is -0.0570. The monoisotopic (exact) mass is 341 g/mol. The Hall–Kier alpha value is -0.700. The lowest BCUT2D eigenvalue weighted by Gasteiger charge is -2.39. The van der Waals surface area contributed by atoms with Gasteiger partial charge in [0.15, 0.2) is 0 Å². The molecule has 23 heavy (non-hydrogen) atoms. The Balaban J connectivity index is 1.73. The molecule has 3 rings (SSSR count). The fourth-order valence-corrected chi connectivity index (χ4v) is 4.76. The molecule has 2 saturated carbocycles. The molecule has 0 bridgehead atoms. The highest BCUT2D eigenvalue weighted by molar-refractivity contribution is 6.29. The van der Waals surface area contributed by atoms with Gasteiger partial charge in [0.05, 0.1) is 0 Å². The molecule has 2 fully saturated rings. The van der Waals surface area contributed by atoms with Crippen molar-refractivity contribution < 1.29 is 8.78 Å². The zero-order valence-electron chi connectivity index (χ0n) is 13.6. The van der Waals surface area contributed by atoms with Crippen molar-refractivity contribution in [3.05, 3.63) is 29.0 Å². The van der Waals surface area contributed by atoms with Gasteiger partial charge in [0.2, 0.25) is 5.92 Å². The van der Waals surface area contributed by atoms with Crippen molar-refractivity contribution in [1.29, 1.82) is 0 Å². The molecular formula is C19H26ClF2N. The number of alkyl halides is 2. The summed E-state index contributed by atoms with van der Waals surface area (Å²) in [7, 11) is 0. The van der Waals surface area contributed by atoms with E-state index in [1.165, 1.54) is 32.1 Å². The van der Waals surface area contributed by atoms with E-state index in [0.717, 1.165) is 12.1 Å². The van der Waals surface area contributed by atoms with Crippen LogP contribution in [0.3, 0.4) is 0 Å². The van der Waals surface area contributed by atoms with Crippen LogP contribution in [-0.2, 0) is 6.42 Å². The largest absolute Gasteiger partial charge is 0.248 e. The first-order valence-corrected chi connectivity index (χ1v) is 9.40. The highest BCUT2D eigenvalue weighted by Crippen LogP contribution is 2.45. The summed E-state index contributed by atoms with van der Waals surface area (Å²) in [5, 5.41) is 0.528. The summed E-state index contributed by atoms with van der Waals surface area (Å²) in [4.78, 5) is 4.45. The molecule has 0 saturated heterocycles. The molecule has 0 aliphatic heterocycles. The van der Waals surface area contributed by atoms with E-state index in [0.29, 0.717) is 35.7 Å². The maximum absolute atomic E-state index is 13.5. The maximum Gasteiger partial charge on any atom is 0.248 e. The smallest absolute Gasteiger partial charge is 0.241 e. The van der Waals surface area contributed by atoms with Crippen LogP contribution in [0.5, 0.6) is 0 Å². The summed E-state index contributed by atoms with van der Waals surface area (Å²) in [6, 6.07) is 5.76. The Morgan fingerprint density at radius 3 is 2.35 bits per heavy atom. The maximum atomic E-state index is 13.5. The van der Waals surface area contributed by atoms with Crippen LogP contribution < -0.4 is 0 Å². The topological polar surface area (TPSA) is 12.9 Å². The van der Waals surface area contributed by atoms with Crippen LogP contribution in [-0.4, -0.2) is 10.9 Å². The van der Waals surface area contributed by atoms with E-state index < -0.39 is 5.92 Å². The molecule has 4 heteroatoms. The minimum atomic E-state index is -2.44. The first-order chi connectivity index (χ1) is 11.0. The number of hydrogen-bond acceptors (Lipinski definition) is 1. The molecule has 0 radical (unpaired) electrons. The van der Waals surface area contributed by atoms with Crippen LogP contribution in [0.2, 0.25) is 5.15 Å². The fourth-order valence-electron chi connectivity index (χ4n) is 4.58. The van der Waals surface area contributed by atoms with Gasteiger partial charge in [-0.2, -0.15) is 0 Å². The van der Waals surface area contributed by atoms with Gasteiger partial charge in [-0.3, -0.25) is 0 Å². The highest BCUT2D eigenvalue weighted by Gasteiger charge is 2.39. The predicted octanol–water partition coefficient (Wildman–Crippen LogP) is 6.30. The molecule has 1 heterocycles. The average molecular weight is 342 g/mol. The molecule has 1 aromatic rings. The third-order valence-corrected chi connectivity index (χ3v) is 6.05. The van der Waals surface area contributed by atoms with Crippen LogP contribution in [0.4, 0.5) is 8.78 Å². The molecule has 0 aromatic carbocycles. The van der Waals surface area contributed by atoms with Gasteiger partial charge in [-0.05, 0) is 49.1 Å². The van der Waals surface area contributed by atoms with E-state index in [1.54, 1.807) is 6.07 Å². The zero-order chi connectivity index (χ0) is 16.3. The Bertz CT molecular complexity index is 504. The molecule has 1 unspecified atom stereocenters. The van der Waals surface area contributed by atoms with Crippen molar-refractivity contribution in [2.45, 2.75) is 70.1 Å². The third kappa shape index (κ3) is 4.65. The minimum Gasteiger partial charge on any atom is -0.241 e. The molecule has 2 aliphatic carbocycles. The molecule has 1 nitrogen and oxygen atoms in total. The van der Waals surface area contributed by atoms with Crippen LogP contribution in [0.1, 0.15) is 63.5 Å². The van der Waals surface area contributed by atoms with Crippen molar-refractivity contribution in [1.82, 2.24) is 4.98 Å². The molecule has 1 atom stereocenters. The Kier molecular flexibility index (Phi) is 5.56.